The number of nitrogens with one attached hydrogen (secondary N) is 1. The van der Waals surface area contributed by atoms with Crippen molar-refractivity contribution in [1.29, 1.82) is 0 Å². The maximum atomic E-state index is 14.0. The Bertz CT molecular complexity index is 937. The second-order valence-corrected chi connectivity index (χ2v) is 5.49. The van der Waals surface area contributed by atoms with Gasteiger partial charge < -0.3 is 10.2 Å². The van der Waals surface area contributed by atoms with Crippen LogP contribution < -0.4 is 10.2 Å². The average Bonchev–Trinajstić information content (AvgIpc) is 2.60. The summed E-state index contributed by atoms with van der Waals surface area (Å²) >= 11 is 0. The molecule has 0 aliphatic heterocycles. The first-order chi connectivity index (χ1) is 12.1. The lowest BCUT2D eigenvalue weighted by Crippen LogP contribution is -2.37. The molecule has 126 valence electrons. The molecular formula is C19H16FN3O2. The molecule has 6 heteroatoms. The largest absolute Gasteiger partial charge is 0.323 e. The molecule has 2 aromatic carbocycles. The summed E-state index contributed by atoms with van der Waals surface area (Å²) in [5.41, 5.74) is 1.26. The van der Waals surface area contributed by atoms with Crippen LogP contribution in [-0.4, -0.2) is 23.3 Å². The Morgan fingerprint density at radius 3 is 2.60 bits per heavy atom. The first-order valence-corrected chi connectivity index (χ1v) is 7.72. The molecule has 5 nitrogen and oxygen atoms in total. The van der Waals surface area contributed by atoms with Crippen LogP contribution in [0.25, 0.3) is 10.9 Å². The lowest BCUT2D eigenvalue weighted by atomic mass is 10.2. The number of carbonyl (C=O) groups excluding carboxylic acids is 2. The molecule has 0 saturated heterocycles. The third-order valence-electron chi connectivity index (χ3n) is 3.73. The second kappa shape index (κ2) is 7.09. The molecule has 1 aromatic heterocycles. The molecule has 25 heavy (non-hydrogen) atoms. The SMILES string of the molecule is CC(=O)N(CC(=O)Nc1cccc2cccnc12)c1ccccc1F. The highest BCUT2D eigenvalue weighted by Gasteiger charge is 2.19. The van der Waals surface area contributed by atoms with Crippen molar-refractivity contribution >= 4 is 34.1 Å². The van der Waals surface area contributed by atoms with Crippen LogP contribution in [0.1, 0.15) is 6.92 Å². The van der Waals surface area contributed by atoms with Crippen LogP contribution in [0.3, 0.4) is 0 Å². The van der Waals surface area contributed by atoms with E-state index in [1.807, 2.05) is 18.2 Å². The van der Waals surface area contributed by atoms with Crippen molar-refractivity contribution in [3.05, 3.63) is 66.6 Å². The third kappa shape index (κ3) is 3.63. The minimum absolute atomic E-state index is 0.0706. The Morgan fingerprint density at radius 1 is 1.08 bits per heavy atom. The summed E-state index contributed by atoms with van der Waals surface area (Å²) in [6, 6.07) is 15.0. The van der Waals surface area contributed by atoms with Gasteiger partial charge >= 0.3 is 0 Å². The second-order valence-electron chi connectivity index (χ2n) is 5.49. The molecule has 3 aromatic rings. The molecule has 1 N–H and O–H groups in total. The third-order valence-corrected chi connectivity index (χ3v) is 3.73. The fraction of sp³-hybridized carbons (Fsp3) is 0.105. The number of carbonyl (C=O) groups is 2. The fourth-order valence-electron chi connectivity index (χ4n) is 2.58. The van der Waals surface area contributed by atoms with Crippen molar-refractivity contribution in [3.8, 4) is 0 Å². The molecule has 0 atom stereocenters. The Labute approximate surface area is 144 Å². The number of rotatable bonds is 4. The minimum atomic E-state index is -0.558. The van der Waals surface area contributed by atoms with Gasteiger partial charge in [0.05, 0.1) is 16.9 Å². The van der Waals surface area contributed by atoms with Crippen molar-refractivity contribution in [2.45, 2.75) is 6.92 Å². The van der Waals surface area contributed by atoms with E-state index in [9.17, 15) is 14.0 Å². The van der Waals surface area contributed by atoms with Crippen LogP contribution in [0.15, 0.2) is 60.8 Å². The lowest BCUT2D eigenvalue weighted by molar-refractivity contribution is -0.120. The van der Waals surface area contributed by atoms with Crippen LogP contribution in [0.2, 0.25) is 0 Å². The van der Waals surface area contributed by atoms with Gasteiger partial charge in [-0.25, -0.2) is 4.39 Å². The number of para-hydroxylation sites is 2. The first-order valence-electron chi connectivity index (χ1n) is 7.72. The summed E-state index contributed by atoms with van der Waals surface area (Å²) in [5.74, 6) is -1.41. The highest BCUT2D eigenvalue weighted by Crippen LogP contribution is 2.22. The predicted octanol–water partition coefficient (Wildman–Crippen LogP) is 3.37. The van der Waals surface area contributed by atoms with Gasteiger partial charge in [-0.15, -0.1) is 0 Å². The van der Waals surface area contributed by atoms with E-state index in [2.05, 4.69) is 10.3 Å². The molecule has 3 rings (SSSR count). The molecule has 0 bridgehead atoms. The number of aromatic nitrogens is 1. The summed E-state index contributed by atoms with van der Waals surface area (Å²) in [6.07, 6.45) is 1.64. The quantitative estimate of drug-likeness (QED) is 0.794. The molecule has 0 radical (unpaired) electrons. The van der Waals surface area contributed by atoms with Gasteiger partial charge in [0.1, 0.15) is 12.4 Å². The fourth-order valence-corrected chi connectivity index (χ4v) is 2.58. The summed E-state index contributed by atoms with van der Waals surface area (Å²) in [5, 5.41) is 3.63. The number of nitrogens with zero attached hydrogens (tertiary/aromatic N) is 2. The molecule has 0 aliphatic rings. The van der Waals surface area contributed by atoms with Crippen molar-refractivity contribution in [2.24, 2.45) is 0 Å². The van der Waals surface area contributed by atoms with Gasteiger partial charge in [-0.05, 0) is 24.3 Å². The van der Waals surface area contributed by atoms with Crippen molar-refractivity contribution < 1.29 is 14.0 Å². The predicted molar refractivity (Wildman–Crippen MR) is 94.8 cm³/mol. The van der Waals surface area contributed by atoms with Crippen LogP contribution in [-0.2, 0) is 9.59 Å². The molecule has 0 spiro atoms. The smallest absolute Gasteiger partial charge is 0.244 e. The van der Waals surface area contributed by atoms with E-state index < -0.39 is 17.6 Å². The van der Waals surface area contributed by atoms with Crippen molar-refractivity contribution in [3.63, 3.8) is 0 Å². The zero-order valence-electron chi connectivity index (χ0n) is 13.6. The van der Waals surface area contributed by atoms with Crippen LogP contribution in [0, 0.1) is 5.82 Å². The number of anilines is 2. The molecule has 2 amide bonds. The topological polar surface area (TPSA) is 62.3 Å². The zero-order valence-corrected chi connectivity index (χ0v) is 13.6. The van der Waals surface area contributed by atoms with Gasteiger partial charge in [0.25, 0.3) is 0 Å². The van der Waals surface area contributed by atoms with Crippen LogP contribution in [0.4, 0.5) is 15.8 Å². The van der Waals surface area contributed by atoms with Crippen LogP contribution >= 0.6 is 0 Å². The molecule has 0 fully saturated rings. The Hall–Kier alpha value is -3.28. The number of halogens is 1. The van der Waals surface area contributed by atoms with Crippen molar-refractivity contribution in [1.82, 2.24) is 4.98 Å². The number of hydrogen-bond donors (Lipinski definition) is 1. The lowest BCUT2D eigenvalue weighted by Gasteiger charge is -2.21. The molecule has 1 heterocycles. The molecule has 0 unspecified atom stereocenters. The highest BCUT2D eigenvalue weighted by atomic mass is 19.1. The Balaban J connectivity index is 1.83. The first kappa shape index (κ1) is 16.6. The number of amides is 2. The standard InChI is InChI=1S/C19H16FN3O2/c1-13(24)23(17-10-3-2-8-15(17)20)12-18(25)22-16-9-4-6-14-7-5-11-21-19(14)16/h2-11H,12H2,1H3,(H,22,25). The Morgan fingerprint density at radius 2 is 1.84 bits per heavy atom. The van der Waals surface area contributed by atoms with E-state index in [1.54, 1.807) is 24.4 Å². The number of pyridine rings is 1. The van der Waals surface area contributed by atoms with Gasteiger partial charge in [-0.3, -0.25) is 14.6 Å². The molecule has 0 aliphatic carbocycles. The van der Waals surface area contributed by atoms with Crippen molar-refractivity contribution in [2.75, 3.05) is 16.8 Å². The van der Waals surface area contributed by atoms with E-state index in [0.29, 0.717) is 11.2 Å². The van der Waals surface area contributed by atoms with E-state index in [-0.39, 0.29) is 12.2 Å². The minimum Gasteiger partial charge on any atom is -0.323 e. The maximum Gasteiger partial charge on any atom is 0.244 e. The number of fused-ring (bicyclic) bond motifs is 1. The van der Waals surface area contributed by atoms with E-state index in [1.165, 1.54) is 25.1 Å². The summed E-state index contributed by atoms with van der Waals surface area (Å²) in [4.78, 5) is 29.6. The maximum absolute atomic E-state index is 14.0. The van der Waals surface area contributed by atoms with E-state index >= 15 is 0 Å². The number of benzene rings is 2. The zero-order chi connectivity index (χ0) is 17.8. The average molecular weight is 337 g/mol. The summed E-state index contributed by atoms with van der Waals surface area (Å²) in [7, 11) is 0. The molecular weight excluding hydrogens is 321 g/mol. The summed E-state index contributed by atoms with van der Waals surface area (Å²) < 4.78 is 14.0. The van der Waals surface area contributed by atoms with Gasteiger partial charge in [0.2, 0.25) is 11.8 Å². The van der Waals surface area contributed by atoms with E-state index in [4.69, 9.17) is 0 Å². The summed E-state index contributed by atoms with van der Waals surface area (Å²) in [6.45, 7) is 0.999. The van der Waals surface area contributed by atoms with Gasteiger partial charge in [-0.2, -0.15) is 0 Å². The monoisotopic (exact) mass is 337 g/mol. The highest BCUT2D eigenvalue weighted by molar-refractivity contribution is 6.05. The van der Waals surface area contributed by atoms with Gasteiger partial charge in [-0.1, -0.05) is 30.3 Å². The van der Waals surface area contributed by atoms with Crippen LogP contribution in [0.5, 0.6) is 0 Å². The van der Waals surface area contributed by atoms with Gasteiger partial charge in [0.15, 0.2) is 0 Å². The Kier molecular flexibility index (Phi) is 4.70. The normalized spacial score (nSPS) is 10.5. The van der Waals surface area contributed by atoms with E-state index in [0.717, 1.165) is 10.3 Å². The number of hydrogen-bond acceptors (Lipinski definition) is 3. The molecule has 0 saturated carbocycles. The van der Waals surface area contributed by atoms with Gasteiger partial charge in [0, 0.05) is 18.5 Å².